The number of esters is 1. The molecular weight excluding hydrogens is 334 g/mol. The van der Waals surface area contributed by atoms with Crippen LogP contribution in [0.1, 0.15) is 16.1 Å². The van der Waals surface area contributed by atoms with Crippen LogP contribution in [0.15, 0.2) is 59.4 Å². The van der Waals surface area contributed by atoms with Crippen molar-refractivity contribution < 1.29 is 14.3 Å². The summed E-state index contributed by atoms with van der Waals surface area (Å²) in [5, 5.41) is 7.32. The quantitative estimate of drug-likeness (QED) is 0.702. The van der Waals surface area contributed by atoms with Crippen LogP contribution in [0.4, 0.5) is 0 Å². The first-order chi connectivity index (χ1) is 12.6. The van der Waals surface area contributed by atoms with Crippen LogP contribution in [0, 0.1) is 0 Å². The number of aromatic nitrogens is 2. The number of ether oxygens (including phenoxy) is 1. The van der Waals surface area contributed by atoms with Crippen molar-refractivity contribution in [1.82, 2.24) is 15.1 Å². The van der Waals surface area contributed by atoms with Gasteiger partial charge in [0.05, 0.1) is 5.39 Å². The summed E-state index contributed by atoms with van der Waals surface area (Å²) >= 11 is 0. The fraction of sp³-hybridized carbons (Fsp3) is 0.158. The molecule has 26 heavy (non-hydrogen) atoms. The molecule has 0 aliphatic heterocycles. The molecular formula is C19H17N3O4. The monoisotopic (exact) mass is 351 g/mol. The number of fused-ring (bicyclic) bond motifs is 1. The maximum Gasteiger partial charge on any atom is 0.325 e. The van der Waals surface area contributed by atoms with E-state index in [1.165, 1.54) is 7.05 Å². The number of amides is 1. The van der Waals surface area contributed by atoms with Crippen molar-refractivity contribution >= 4 is 22.6 Å². The molecule has 7 nitrogen and oxygen atoms in total. The first-order valence-electron chi connectivity index (χ1n) is 8.00. The van der Waals surface area contributed by atoms with Crippen LogP contribution in [0.2, 0.25) is 0 Å². The fourth-order valence-electron chi connectivity index (χ4n) is 2.49. The van der Waals surface area contributed by atoms with Gasteiger partial charge in [0.1, 0.15) is 13.2 Å². The summed E-state index contributed by atoms with van der Waals surface area (Å²) in [7, 11) is 1.47. The second-order valence-electron chi connectivity index (χ2n) is 5.65. The Kier molecular flexibility index (Phi) is 5.07. The van der Waals surface area contributed by atoms with Crippen molar-refractivity contribution in [3.05, 3.63) is 76.2 Å². The smallest absolute Gasteiger partial charge is 0.325 e. The van der Waals surface area contributed by atoms with Gasteiger partial charge in [-0.3, -0.25) is 14.4 Å². The molecule has 0 bridgehead atoms. The maximum absolute atomic E-state index is 12.4. The molecule has 3 aromatic rings. The summed E-state index contributed by atoms with van der Waals surface area (Å²) in [6.07, 6.45) is 0. The van der Waals surface area contributed by atoms with Crippen LogP contribution in [0.5, 0.6) is 0 Å². The Bertz CT molecular complexity index is 1010. The minimum atomic E-state index is -0.559. The van der Waals surface area contributed by atoms with Crippen molar-refractivity contribution in [2.45, 2.75) is 6.61 Å². The van der Waals surface area contributed by atoms with E-state index < -0.39 is 11.9 Å². The van der Waals surface area contributed by atoms with Crippen LogP contribution in [0.25, 0.3) is 10.8 Å². The summed E-state index contributed by atoms with van der Waals surface area (Å²) < 4.78 is 6.22. The SMILES string of the molecule is Cn1nc(C(=O)NCC(=O)OCc2ccccc2)c2ccccc2c1=O. The molecule has 0 saturated heterocycles. The van der Waals surface area contributed by atoms with E-state index >= 15 is 0 Å². The molecule has 0 radical (unpaired) electrons. The largest absolute Gasteiger partial charge is 0.460 e. The molecule has 2 aromatic carbocycles. The Labute approximate surface area is 149 Å². The van der Waals surface area contributed by atoms with E-state index in [2.05, 4.69) is 10.4 Å². The van der Waals surface area contributed by atoms with E-state index in [-0.39, 0.29) is 24.4 Å². The van der Waals surface area contributed by atoms with Gasteiger partial charge in [0.2, 0.25) is 0 Å². The Morgan fingerprint density at radius 1 is 1.04 bits per heavy atom. The molecule has 0 saturated carbocycles. The van der Waals surface area contributed by atoms with Crippen LogP contribution < -0.4 is 10.9 Å². The predicted octanol–water partition coefficient (Wildman–Crippen LogP) is 1.41. The highest BCUT2D eigenvalue weighted by Crippen LogP contribution is 2.12. The van der Waals surface area contributed by atoms with Gasteiger partial charge >= 0.3 is 5.97 Å². The number of rotatable bonds is 5. The molecule has 1 aromatic heterocycles. The number of benzene rings is 2. The Balaban J connectivity index is 1.67. The van der Waals surface area contributed by atoms with Crippen LogP contribution >= 0.6 is 0 Å². The predicted molar refractivity (Wildman–Crippen MR) is 95.6 cm³/mol. The molecule has 0 fully saturated rings. The number of hydrogen-bond acceptors (Lipinski definition) is 5. The van der Waals surface area contributed by atoms with Gasteiger partial charge in [0.15, 0.2) is 5.69 Å². The van der Waals surface area contributed by atoms with Crippen LogP contribution in [0.3, 0.4) is 0 Å². The highest BCUT2D eigenvalue weighted by atomic mass is 16.5. The minimum Gasteiger partial charge on any atom is -0.460 e. The van der Waals surface area contributed by atoms with Crippen LogP contribution in [-0.2, 0) is 23.2 Å². The van der Waals surface area contributed by atoms with Gasteiger partial charge in [-0.1, -0.05) is 48.5 Å². The van der Waals surface area contributed by atoms with Crippen molar-refractivity contribution in [1.29, 1.82) is 0 Å². The summed E-state index contributed by atoms with van der Waals surface area (Å²) in [5.41, 5.74) is 0.649. The van der Waals surface area contributed by atoms with Gasteiger partial charge in [-0.15, -0.1) is 0 Å². The summed E-state index contributed by atoms with van der Waals surface area (Å²) in [6.45, 7) is -0.152. The lowest BCUT2D eigenvalue weighted by Crippen LogP contribution is -2.33. The van der Waals surface area contributed by atoms with Gasteiger partial charge in [0, 0.05) is 12.4 Å². The Morgan fingerprint density at radius 3 is 2.42 bits per heavy atom. The van der Waals surface area contributed by atoms with Gasteiger partial charge < -0.3 is 10.1 Å². The van der Waals surface area contributed by atoms with Gasteiger partial charge in [-0.25, -0.2) is 4.68 Å². The van der Waals surface area contributed by atoms with E-state index in [0.29, 0.717) is 10.8 Å². The topological polar surface area (TPSA) is 90.3 Å². The lowest BCUT2D eigenvalue weighted by atomic mass is 10.1. The fourth-order valence-corrected chi connectivity index (χ4v) is 2.49. The number of aryl methyl sites for hydroxylation is 1. The molecule has 3 rings (SSSR count). The lowest BCUT2D eigenvalue weighted by Gasteiger charge is -2.09. The molecule has 0 aliphatic carbocycles. The molecule has 0 atom stereocenters. The van der Waals surface area contributed by atoms with E-state index in [4.69, 9.17) is 4.74 Å². The highest BCUT2D eigenvalue weighted by Gasteiger charge is 2.16. The summed E-state index contributed by atoms with van der Waals surface area (Å²) in [4.78, 5) is 36.3. The second-order valence-corrected chi connectivity index (χ2v) is 5.65. The number of hydrogen-bond donors (Lipinski definition) is 1. The van der Waals surface area contributed by atoms with E-state index in [0.717, 1.165) is 10.2 Å². The molecule has 7 heteroatoms. The van der Waals surface area contributed by atoms with Gasteiger partial charge in [-0.2, -0.15) is 5.10 Å². The number of carbonyl (C=O) groups excluding carboxylic acids is 2. The third-order valence-electron chi connectivity index (χ3n) is 3.81. The number of carbonyl (C=O) groups is 2. The van der Waals surface area contributed by atoms with Crippen LogP contribution in [-0.4, -0.2) is 28.2 Å². The molecule has 0 spiro atoms. The maximum atomic E-state index is 12.4. The minimum absolute atomic E-state index is 0.0820. The zero-order chi connectivity index (χ0) is 18.5. The number of nitrogens with zero attached hydrogens (tertiary/aromatic N) is 2. The molecule has 132 valence electrons. The molecule has 1 heterocycles. The Morgan fingerprint density at radius 2 is 1.69 bits per heavy atom. The first-order valence-corrected chi connectivity index (χ1v) is 8.00. The third kappa shape index (κ3) is 3.77. The van der Waals surface area contributed by atoms with E-state index in [1.807, 2.05) is 30.3 Å². The first kappa shape index (κ1) is 17.3. The molecule has 1 amide bonds. The van der Waals surface area contributed by atoms with E-state index in [9.17, 15) is 14.4 Å². The third-order valence-corrected chi connectivity index (χ3v) is 3.81. The summed E-state index contributed by atoms with van der Waals surface area (Å²) in [5.74, 6) is -1.11. The second kappa shape index (κ2) is 7.60. The lowest BCUT2D eigenvalue weighted by molar-refractivity contribution is -0.143. The number of nitrogens with one attached hydrogen (secondary N) is 1. The van der Waals surface area contributed by atoms with Crippen molar-refractivity contribution in [3.8, 4) is 0 Å². The average molecular weight is 351 g/mol. The standard InChI is InChI=1S/C19H17N3O4/c1-22-19(25)15-10-6-5-9-14(15)17(21-22)18(24)20-11-16(23)26-12-13-7-3-2-4-8-13/h2-10H,11-12H2,1H3,(H,20,24). The molecule has 1 N–H and O–H groups in total. The molecule has 0 unspecified atom stereocenters. The average Bonchev–Trinajstić information content (AvgIpc) is 2.68. The van der Waals surface area contributed by atoms with Gasteiger partial charge in [0.25, 0.3) is 11.5 Å². The molecule has 0 aliphatic rings. The van der Waals surface area contributed by atoms with Gasteiger partial charge in [-0.05, 0) is 11.6 Å². The van der Waals surface area contributed by atoms with E-state index in [1.54, 1.807) is 24.3 Å². The highest BCUT2D eigenvalue weighted by molar-refractivity contribution is 6.05. The zero-order valence-electron chi connectivity index (χ0n) is 14.1. The van der Waals surface area contributed by atoms with Crippen molar-refractivity contribution in [3.63, 3.8) is 0 Å². The normalized spacial score (nSPS) is 10.5. The summed E-state index contributed by atoms with van der Waals surface area (Å²) in [6, 6.07) is 16.0. The van der Waals surface area contributed by atoms with Crippen molar-refractivity contribution in [2.24, 2.45) is 7.05 Å². The zero-order valence-corrected chi connectivity index (χ0v) is 14.1. The van der Waals surface area contributed by atoms with Crippen molar-refractivity contribution in [2.75, 3.05) is 6.54 Å². The Hall–Kier alpha value is -3.48.